The number of para-hydroxylation sites is 1. The van der Waals surface area contributed by atoms with Gasteiger partial charge in [0.15, 0.2) is 0 Å². The highest BCUT2D eigenvalue weighted by molar-refractivity contribution is 5.97. The average Bonchev–Trinajstić information content (AvgIpc) is 2.67. The number of aromatic hydroxyl groups is 1. The largest absolute Gasteiger partial charge is 0.507 e. The van der Waals surface area contributed by atoms with Gasteiger partial charge in [0.05, 0.1) is 11.1 Å². The first kappa shape index (κ1) is 17.7. The summed E-state index contributed by atoms with van der Waals surface area (Å²) in [5.41, 5.74) is 0.826. The van der Waals surface area contributed by atoms with Crippen molar-refractivity contribution in [3.05, 3.63) is 53.7 Å². The smallest absolute Gasteiger partial charge is 0.257 e. The Kier molecular flexibility index (Phi) is 5.06. The van der Waals surface area contributed by atoms with Crippen molar-refractivity contribution in [1.29, 1.82) is 0 Å². The van der Waals surface area contributed by atoms with Crippen LogP contribution in [-0.2, 0) is 0 Å². The molecule has 136 valence electrons. The van der Waals surface area contributed by atoms with Crippen molar-refractivity contribution >= 4 is 17.6 Å². The van der Waals surface area contributed by atoms with E-state index in [-0.39, 0.29) is 23.1 Å². The van der Waals surface area contributed by atoms with Crippen LogP contribution in [-0.4, -0.2) is 72.0 Å². The van der Waals surface area contributed by atoms with E-state index in [2.05, 4.69) is 4.98 Å². The van der Waals surface area contributed by atoms with Crippen LogP contribution in [0.3, 0.4) is 0 Å². The van der Waals surface area contributed by atoms with Crippen LogP contribution in [0, 0.1) is 0 Å². The summed E-state index contributed by atoms with van der Waals surface area (Å²) in [6.07, 6.45) is 1.58. The zero-order valence-electron chi connectivity index (χ0n) is 14.9. The lowest BCUT2D eigenvalue weighted by Gasteiger charge is -2.35. The van der Waals surface area contributed by atoms with E-state index in [9.17, 15) is 14.7 Å². The van der Waals surface area contributed by atoms with Gasteiger partial charge in [-0.2, -0.15) is 0 Å². The Labute approximate surface area is 152 Å². The molecular weight excluding hydrogens is 332 g/mol. The maximum Gasteiger partial charge on any atom is 0.257 e. The van der Waals surface area contributed by atoms with Gasteiger partial charge >= 0.3 is 0 Å². The lowest BCUT2D eigenvalue weighted by molar-refractivity contribution is 0.0533. The fraction of sp³-hybridized carbons (Fsp3) is 0.316. The fourth-order valence-corrected chi connectivity index (χ4v) is 2.90. The molecule has 0 aliphatic carbocycles. The van der Waals surface area contributed by atoms with Gasteiger partial charge in [0.25, 0.3) is 11.8 Å². The third-order valence-corrected chi connectivity index (χ3v) is 4.44. The molecule has 2 aromatic rings. The Hall–Kier alpha value is -3.09. The van der Waals surface area contributed by atoms with E-state index in [1.165, 1.54) is 6.07 Å². The standard InChI is InChI=1S/C19H22N4O3/c1-21(2)17-8-7-14(13-20-17)18(25)22-9-11-23(12-10-22)19(26)15-5-3-4-6-16(15)24/h3-8,13,24H,9-12H2,1-2H3. The minimum Gasteiger partial charge on any atom is -0.507 e. The maximum absolute atomic E-state index is 12.6. The predicted molar refractivity (Wildman–Crippen MR) is 98.5 cm³/mol. The Morgan fingerprint density at radius 1 is 0.962 bits per heavy atom. The molecule has 0 unspecified atom stereocenters. The third kappa shape index (κ3) is 3.61. The molecule has 1 aliphatic heterocycles. The van der Waals surface area contributed by atoms with Crippen LogP contribution < -0.4 is 4.90 Å². The summed E-state index contributed by atoms with van der Waals surface area (Å²) in [7, 11) is 3.79. The number of rotatable bonds is 3. The van der Waals surface area contributed by atoms with Crippen LogP contribution in [0.5, 0.6) is 5.75 Å². The van der Waals surface area contributed by atoms with Gasteiger partial charge in [0, 0.05) is 46.5 Å². The normalized spacial score (nSPS) is 14.2. The summed E-state index contributed by atoms with van der Waals surface area (Å²) in [5, 5.41) is 9.84. The topological polar surface area (TPSA) is 77.0 Å². The van der Waals surface area contributed by atoms with Crippen LogP contribution in [0.2, 0.25) is 0 Å². The van der Waals surface area contributed by atoms with E-state index >= 15 is 0 Å². The molecule has 0 atom stereocenters. The third-order valence-electron chi connectivity index (χ3n) is 4.44. The number of anilines is 1. The molecule has 0 bridgehead atoms. The van der Waals surface area contributed by atoms with Gasteiger partial charge in [0.2, 0.25) is 0 Å². The molecule has 0 saturated carbocycles. The summed E-state index contributed by atoms with van der Waals surface area (Å²) in [6, 6.07) is 10.1. The van der Waals surface area contributed by atoms with Crippen molar-refractivity contribution in [2.45, 2.75) is 0 Å². The number of hydrogen-bond donors (Lipinski definition) is 1. The Bertz CT molecular complexity index is 797. The van der Waals surface area contributed by atoms with E-state index < -0.39 is 0 Å². The zero-order valence-corrected chi connectivity index (χ0v) is 14.9. The lowest BCUT2D eigenvalue weighted by atomic mass is 10.1. The zero-order chi connectivity index (χ0) is 18.7. The molecule has 2 heterocycles. The lowest BCUT2D eigenvalue weighted by Crippen LogP contribution is -2.50. The number of benzene rings is 1. The first-order chi connectivity index (χ1) is 12.5. The second-order valence-electron chi connectivity index (χ2n) is 6.40. The number of pyridine rings is 1. The number of piperazine rings is 1. The summed E-state index contributed by atoms with van der Waals surface area (Å²) in [6.45, 7) is 1.77. The predicted octanol–water partition coefficient (Wildman–Crippen LogP) is 1.45. The molecule has 1 N–H and O–H groups in total. The summed E-state index contributed by atoms with van der Waals surface area (Å²) in [5.74, 6) is 0.465. The first-order valence-electron chi connectivity index (χ1n) is 8.47. The van der Waals surface area contributed by atoms with E-state index in [1.807, 2.05) is 25.1 Å². The number of amides is 2. The average molecular weight is 354 g/mol. The molecule has 1 aromatic heterocycles. The van der Waals surface area contributed by atoms with Gasteiger partial charge in [-0.3, -0.25) is 9.59 Å². The molecule has 1 aromatic carbocycles. The maximum atomic E-state index is 12.6. The van der Waals surface area contributed by atoms with Gasteiger partial charge in [0.1, 0.15) is 11.6 Å². The number of aromatic nitrogens is 1. The van der Waals surface area contributed by atoms with E-state index in [0.29, 0.717) is 31.7 Å². The van der Waals surface area contributed by atoms with Crippen LogP contribution in [0.4, 0.5) is 5.82 Å². The first-order valence-corrected chi connectivity index (χ1v) is 8.47. The van der Waals surface area contributed by atoms with Gasteiger partial charge in [-0.1, -0.05) is 12.1 Å². The fourth-order valence-electron chi connectivity index (χ4n) is 2.90. The van der Waals surface area contributed by atoms with Crippen LogP contribution in [0.15, 0.2) is 42.6 Å². The highest BCUT2D eigenvalue weighted by Crippen LogP contribution is 2.19. The molecule has 1 saturated heterocycles. The van der Waals surface area contributed by atoms with Crippen LogP contribution in [0.25, 0.3) is 0 Å². The number of carbonyl (C=O) groups excluding carboxylic acids is 2. The summed E-state index contributed by atoms with van der Waals surface area (Å²) in [4.78, 5) is 34.7. The molecule has 7 nitrogen and oxygen atoms in total. The SMILES string of the molecule is CN(C)c1ccc(C(=O)N2CCN(C(=O)c3ccccc3O)CC2)cn1. The number of nitrogens with zero attached hydrogens (tertiary/aromatic N) is 4. The van der Waals surface area contributed by atoms with Crippen molar-refractivity contribution in [2.24, 2.45) is 0 Å². The number of hydrogen-bond acceptors (Lipinski definition) is 5. The van der Waals surface area contributed by atoms with E-state index in [4.69, 9.17) is 0 Å². The van der Waals surface area contributed by atoms with E-state index in [0.717, 1.165) is 5.82 Å². The van der Waals surface area contributed by atoms with Gasteiger partial charge in [-0.15, -0.1) is 0 Å². The van der Waals surface area contributed by atoms with E-state index in [1.54, 1.807) is 40.3 Å². The molecule has 0 spiro atoms. The number of phenols is 1. The van der Waals surface area contributed by atoms with Gasteiger partial charge in [-0.25, -0.2) is 4.98 Å². The Morgan fingerprint density at radius 3 is 2.12 bits per heavy atom. The quantitative estimate of drug-likeness (QED) is 0.903. The highest BCUT2D eigenvalue weighted by Gasteiger charge is 2.26. The molecule has 7 heteroatoms. The summed E-state index contributed by atoms with van der Waals surface area (Å²) < 4.78 is 0. The minimum absolute atomic E-state index is 0.0249. The second kappa shape index (κ2) is 7.43. The molecule has 2 amide bonds. The number of carbonyl (C=O) groups is 2. The van der Waals surface area contributed by atoms with Gasteiger partial charge in [-0.05, 0) is 24.3 Å². The van der Waals surface area contributed by atoms with Crippen LogP contribution in [0.1, 0.15) is 20.7 Å². The monoisotopic (exact) mass is 354 g/mol. The molecule has 1 aliphatic rings. The summed E-state index contributed by atoms with van der Waals surface area (Å²) >= 11 is 0. The molecule has 3 rings (SSSR count). The molecular formula is C19H22N4O3. The Morgan fingerprint density at radius 2 is 1.58 bits per heavy atom. The molecule has 26 heavy (non-hydrogen) atoms. The minimum atomic E-state index is -0.216. The van der Waals surface area contributed by atoms with Crippen LogP contribution >= 0.6 is 0 Å². The van der Waals surface area contributed by atoms with Crippen molar-refractivity contribution in [2.75, 3.05) is 45.2 Å². The van der Waals surface area contributed by atoms with Crippen molar-refractivity contribution in [3.63, 3.8) is 0 Å². The second-order valence-corrected chi connectivity index (χ2v) is 6.40. The molecule has 0 radical (unpaired) electrons. The van der Waals surface area contributed by atoms with Crippen molar-refractivity contribution in [3.8, 4) is 5.75 Å². The Balaban J connectivity index is 1.62. The van der Waals surface area contributed by atoms with Gasteiger partial charge < -0.3 is 19.8 Å². The highest BCUT2D eigenvalue weighted by atomic mass is 16.3. The van der Waals surface area contributed by atoms with Crippen molar-refractivity contribution < 1.29 is 14.7 Å². The number of phenolic OH excluding ortho intramolecular Hbond substituents is 1. The molecule has 1 fully saturated rings. The van der Waals surface area contributed by atoms with Crippen molar-refractivity contribution in [1.82, 2.24) is 14.8 Å².